The number of thioether (sulfide) groups is 1. The van der Waals surface area contributed by atoms with Crippen molar-refractivity contribution >= 4 is 46.4 Å². The van der Waals surface area contributed by atoms with Crippen molar-refractivity contribution in [2.75, 3.05) is 19.8 Å². The molecule has 1 atom stereocenters. The van der Waals surface area contributed by atoms with E-state index >= 15 is 0 Å². The summed E-state index contributed by atoms with van der Waals surface area (Å²) in [5.74, 6) is 0.941. The first kappa shape index (κ1) is 23.5. The zero-order chi connectivity index (χ0) is 22.5. The Labute approximate surface area is 194 Å². The summed E-state index contributed by atoms with van der Waals surface area (Å²) in [7, 11) is 3.97. The third kappa shape index (κ3) is 5.94. The predicted octanol–water partition coefficient (Wildman–Crippen LogP) is 4.22. The Hall–Kier alpha value is -2.20. The van der Waals surface area contributed by atoms with Crippen molar-refractivity contribution in [3.8, 4) is 5.69 Å². The lowest BCUT2D eigenvalue weighted by atomic mass is 10.2. The third-order valence-electron chi connectivity index (χ3n) is 4.67. The summed E-state index contributed by atoms with van der Waals surface area (Å²) in [6.45, 7) is 3.95. The number of thiophene rings is 1. The molecule has 1 N–H and O–H groups in total. The van der Waals surface area contributed by atoms with Gasteiger partial charge < -0.3 is 5.32 Å². The van der Waals surface area contributed by atoms with Crippen LogP contribution in [0.4, 0.5) is 0 Å². The van der Waals surface area contributed by atoms with Gasteiger partial charge in [0.05, 0.1) is 23.2 Å². The molecule has 3 aromatic rings. The number of benzene rings is 1. The Morgan fingerprint density at radius 3 is 2.55 bits per heavy atom. The zero-order valence-corrected chi connectivity index (χ0v) is 20.1. The maximum atomic E-state index is 12.7. The number of carbonyl (C=O) groups excluding carboxylic acids is 2. The second kappa shape index (κ2) is 10.4. The van der Waals surface area contributed by atoms with Crippen molar-refractivity contribution in [2.45, 2.75) is 31.6 Å². The van der Waals surface area contributed by atoms with Gasteiger partial charge in [-0.3, -0.25) is 19.1 Å². The summed E-state index contributed by atoms with van der Waals surface area (Å²) in [5.41, 5.74) is 0.891. The summed E-state index contributed by atoms with van der Waals surface area (Å²) in [6.07, 6.45) is 0. The highest BCUT2D eigenvalue weighted by Crippen LogP contribution is 2.28. The molecule has 0 saturated carbocycles. The SMILES string of the molecule is CC(=O)NCc1ccc(C(=O)CSc2nnc(C(C)N(C)C)n2-c2ccc(Cl)cc2)s1. The number of aromatic nitrogens is 3. The van der Waals surface area contributed by atoms with Gasteiger partial charge in [0, 0.05) is 22.5 Å². The largest absolute Gasteiger partial charge is 0.351 e. The molecule has 0 aliphatic heterocycles. The Morgan fingerprint density at radius 1 is 1.19 bits per heavy atom. The van der Waals surface area contributed by atoms with Crippen molar-refractivity contribution in [1.82, 2.24) is 25.0 Å². The lowest BCUT2D eigenvalue weighted by Gasteiger charge is -2.20. The van der Waals surface area contributed by atoms with Crippen LogP contribution in [0.2, 0.25) is 5.02 Å². The second-order valence-corrected chi connectivity index (χ2v) is 9.73. The van der Waals surface area contributed by atoms with E-state index in [-0.39, 0.29) is 23.5 Å². The van der Waals surface area contributed by atoms with Gasteiger partial charge in [-0.1, -0.05) is 23.4 Å². The molecule has 2 aromatic heterocycles. The zero-order valence-electron chi connectivity index (χ0n) is 17.8. The topological polar surface area (TPSA) is 80.1 Å². The van der Waals surface area contributed by atoms with Gasteiger partial charge >= 0.3 is 0 Å². The van der Waals surface area contributed by atoms with Crippen LogP contribution in [0.1, 0.15) is 40.3 Å². The number of ketones is 1. The van der Waals surface area contributed by atoms with Gasteiger partial charge in [-0.05, 0) is 57.4 Å². The fraction of sp³-hybridized carbons (Fsp3) is 0.333. The van der Waals surface area contributed by atoms with Gasteiger partial charge in [0.25, 0.3) is 0 Å². The molecular formula is C21H24ClN5O2S2. The standard InChI is InChI=1S/C21H24ClN5O2S2/c1-13(26(3)4)20-24-25-21(27(20)16-7-5-15(22)6-8-16)30-12-18(29)19-10-9-17(31-19)11-23-14(2)28/h5-10,13H,11-12H2,1-4H3,(H,23,28). The van der Waals surface area contributed by atoms with Gasteiger partial charge in [-0.2, -0.15) is 0 Å². The Balaban J connectivity index is 1.79. The van der Waals surface area contributed by atoms with Gasteiger partial charge in [0.1, 0.15) is 0 Å². The highest BCUT2D eigenvalue weighted by Gasteiger charge is 2.22. The number of Topliss-reactive ketones (excluding diaryl/α,β-unsaturated/α-hetero) is 1. The smallest absolute Gasteiger partial charge is 0.217 e. The number of halogens is 1. The van der Waals surface area contributed by atoms with E-state index in [4.69, 9.17) is 11.6 Å². The normalized spacial score (nSPS) is 12.2. The van der Waals surface area contributed by atoms with Crippen molar-refractivity contribution < 1.29 is 9.59 Å². The summed E-state index contributed by atoms with van der Waals surface area (Å²) in [5, 5.41) is 12.8. The molecule has 0 fully saturated rings. The van der Waals surface area contributed by atoms with Crippen LogP contribution < -0.4 is 5.32 Å². The molecular weight excluding hydrogens is 454 g/mol. The highest BCUT2D eigenvalue weighted by atomic mass is 35.5. The minimum Gasteiger partial charge on any atom is -0.351 e. The number of carbonyl (C=O) groups is 2. The Bertz CT molecular complexity index is 1060. The van der Waals surface area contributed by atoms with Crippen LogP contribution in [-0.4, -0.2) is 51.2 Å². The number of nitrogens with one attached hydrogen (secondary N) is 1. The average Bonchev–Trinajstić information content (AvgIpc) is 3.37. The quantitative estimate of drug-likeness (QED) is 0.367. The monoisotopic (exact) mass is 477 g/mol. The van der Waals surface area contributed by atoms with E-state index in [1.54, 1.807) is 6.07 Å². The fourth-order valence-electron chi connectivity index (χ4n) is 2.74. The molecule has 0 radical (unpaired) electrons. The molecule has 0 bridgehead atoms. The van der Waals surface area contributed by atoms with Crippen molar-refractivity contribution in [3.05, 3.63) is 57.0 Å². The Morgan fingerprint density at radius 2 is 1.90 bits per heavy atom. The molecule has 2 heterocycles. The third-order valence-corrected chi connectivity index (χ3v) is 6.98. The van der Waals surface area contributed by atoms with Gasteiger partial charge in [0.15, 0.2) is 16.8 Å². The van der Waals surface area contributed by atoms with Crippen molar-refractivity contribution in [1.29, 1.82) is 0 Å². The van der Waals surface area contributed by atoms with E-state index in [0.717, 1.165) is 16.4 Å². The molecule has 1 amide bonds. The van der Waals surface area contributed by atoms with Crippen LogP contribution in [0.5, 0.6) is 0 Å². The summed E-state index contributed by atoms with van der Waals surface area (Å²) in [6, 6.07) is 11.2. The van der Waals surface area contributed by atoms with E-state index in [9.17, 15) is 9.59 Å². The minimum absolute atomic E-state index is 0.0111. The average molecular weight is 478 g/mol. The van der Waals surface area contributed by atoms with Gasteiger partial charge in [-0.15, -0.1) is 21.5 Å². The van der Waals surface area contributed by atoms with Crippen molar-refractivity contribution in [2.24, 2.45) is 0 Å². The number of nitrogens with zero attached hydrogens (tertiary/aromatic N) is 4. The van der Waals surface area contributed by atoms with Gasteiger partial charge in [-0.25, -0.2) is 0 Å². The van der Waals surface area contributed by atoms with Crippen LogP contribution >= 0.6 is 34.7 Å². The fourth-order valence-corrected chi connectivity index (χ4v) is 4.69. The molecule has 0 spiro atoms. The molecule has 0 aliphatic rings. The lowest BCUT2D eigenvalue weighted by molar-refractivity contribution is -0.119. The molecule has 1 aromatic carbocycles. The summed E-state index contributed by atoms with van der Waals surface area (Å²) >= 11 is 8.80. The molecule has 31 heavy (non-hydrogen) atoms. The number of rotatable bonds is 9. The highest BCUT2D eigenvalue weighted by molar-refractivity contribution is 7.99. The maximum absolute atomic E-state index is 12.7. The molecule has 3 rings (SSSR count). The molecule has 164 valence electrons. The first-order chi connectivity index (χ1) is 14.8. The molecule has 7 nitrogen and oxygen atoms in total. The minimum atomic E-state index is -0.0962. The molecule has 0 saturated heterocycles. The van der Waals surface area contributed by atoms with E-state index < -0.39 is 0 Å². The van der Waals surface area contributed by atoms with E-state index in [1.165, 1.54) is 30.0 Å². The first-order valence-electron chi connectivity index (χ1n) is 9.63. The Kier molecular flexibility index (Phi) is 7.88. The second-order valence-electron chi connectivity index (χ2n) is 7.18. The molecule has 0 aliphatic carbocycles. The van der Waals surface area contributed by atoms with Crippen LogP contribution in [0.25, 0.3) is 5.69 Å². The lowest BCUT2D eigenvalue weighted by Crippen LogP contribution is -2.20. The molecule has 1 unspecified atom stereocenters. The molecule has 10 heteroatoms. The maximum Gasteiger partial charge on any atom is 0.217 e. The number of hydrogen-bond acceptors (Lipinski definition) is 7. The van der Waals surface area contributed by atoms with Crippen molar-refractivity contribution in [3.63, 3.8) is 0 Å². The van der Waals surface area contributed by atoms with E-state index in [2.05, 4.69) is 27.3 Å². The van der Waals surface area contributed by atoms with Gasteiger partial charge in [0.2, 0.25) is 5.91 Å². The summed E-state index contributed by atoms with van der Waals surface area (Å²) in [4.78, 5) is 27.5. The van der Waals surface area contributed by atoms with E-state index in [1.807, 2.05) is 49.0 Å². The number of hydrogen-bond donors (Lipinski definition) is 1. The van der Waals surface area contributed by atoms with Crippen LogP contribution in [0.3, 0.4) is 0 Å². The van der Waals surface area contributed by atoms with Crippen LogP contribution in [0.15, 0.2) is 41.6 Å². The summed E-state index contributed by atoms with van der Waals surface area (Å²) < 4.78 is 1.97. The predicted molar refractivity (Wildman–Crippen MR) is 125 cm³/mol. The van der Waals surface area contributed by atoms with Crippen LogP contribution in [-0.2, 0) is 11.3 Å². The first-order valence-corrected chi connectivity index (χ1v) is 11.8. The van der Waals surface area contributed by atoms with Crippen LogP contribution in [0, 0.1) is 0 Å². The van der Waals surface area contributed by atoms with E-state index in [0.29, 0.717) is 21.6 Å². The number of amides is 1.